The first-order valence-electron chi connectivity index (χ1n) is 8.94. The Kier molecular flexibility index (Phi) is 4.78. The Morgan fingerprint density at radius 1 is 0.966 bits per heavy atom. The highest BCUT2D eigenvalue weighted by Crippen LogP contribution is 2.41. The fraction of sp³-hybridized carbons (Fsp3) is 0.0455. The second-order valence-electron chi connectivity index (χ2n) is 6.42. The van der Waals surface area contributed by atoms with Gasteiger partial charge in [0.1, 0.15) is 17.3 Å². The SMILES string of the molecule is Cn1nc(-c2ccc(F)cc2)c(-c2ccncc2)c1N(C(N)=O)c1ccccc1. The predicted octanol–water partition coefficient (Wildman–Crippen LogP) is 4.51. The zero-order valence-electron chi connectivity index (χ0n) is 15.7. The van der Waals surface area contributed by atoms with Crippen molar-refractivity contribution in [2.75, 3.05) is 4.90 Å². The first-order chi connectivity index (χ1) is 14.1. The molecule has 0 atom stereocenters. The molecule has 4 aromatic rings. The Bertz CT molecular complexity index is 1140. The minimum Gasteiger partial charge on any atom is -0.351 e. The quantitative estimate of drug-likeness (QED) is 0.560. The summed E-state index contributed by atoms with van der Waals surface area (Å²) in [5.41, 5.74) is 9.22. The van der Waals surface area contributed by atoms with Gasteiger partial charge in [-0.25, -0.2) is 14.1 Å². The summed E-state index contributed by atoms with van der Waals surface area (Å²) in [6.45, 7) is 0. The van der Waals surface area contributed by atoms with Crippen LogP contribution in [0.3, 0.4) is 0 Å². The van der Waals surface area contributed by atoms with E-state index in [1.165, 1.54) is 17.0 Å². The fourth-order valence-electron chi connectivity index (χ4n) is 3.30. The van der Waals surface area contributed by atoms with Crippen LogP contribution in [0.25, 0.3) is 22.4 Å². The minimum absolute atomic E-state index is 0.335. The van der Waals surface area contributed by atoms with Crippen LogP contribution in [0.15, 0.2) is 79.1 Å². The molecular weight excluding hydrogens is 369 g/mol. The highest BCUT2D eigenvalue weighted by Gasteiger charge is 2.27. The molecule has 0 spiro atoms. The second kappa shape index (κ2) is 7.55. The number of aryl methyl sites for hydroxylation is 1. The first-order valence-corrected chi connectivity index (χ1v) is 8.94. The zero-order valence-corrected chi connectivity index (χ0v) is 15.7. The summed E-state index contributed by atoms with van der Waals surface area (Å²) in [5.74, 6) is 0.174. The van der Waals surface area contributed by atoms with Crippen molar-refractivity contribution in [3.63, 3.8) is 0 Å². The molecule has 0 saturated carbocycles. The number of nitrogens with zero attached hydrogens (tertiary/aromatic N) is 4. The van der Waals surface area contributed by atoms with Crippen molar-refractivity contribution >= 4 is 17.5 Å². The number of para-hydroxylation sites is 1. The van der Waals surface area contributed by atoms with E-state index in [1.54, 1.807) is 48.4 Å². The average Bonchev–Trinajstić information content (AvgIpc) is 3.07. The molecule has 6 nitrogen and oxygen atoms in total. The number of nitrogens with two attached hydrogens (primary N) is 1. The lowest BCUT2D eigenvalue weighted by Crippen LogP contribution is -2.33. The Hall–Kier alpha value is -4.00. The number of halogens is 1. The number of urea groups is 1. The number of anilines is 2. The summed E-state index contributed by atoms with van der Waals surface area (Å²) in [6, 6.07) is 18.2. The third-order valence-electron chi connectivity index (χ3n) is 4.55. The lowest BCUT2D eigenvalue weighted by molar-refractivity contribution is 0.255. The standard InChI is InChI=1S/C22H18FN5O/c1-27-21(28(22(24)29)18-5-3-2-4-6-18)19(15-11-13-25-14-12-15)20(26-27)16-7-9-17(23)10-8-16/h2-14H,1H3,(H2,24,29). The van der Waals surface area contributed by atoms with Gasteiger partial charge >= 0.3 is 6.03 Å². The van der Waals surface area contributed by atoms with Crippen molar-refractivity contribution < 1.29 is 9.18 Å². The normalized spacial score (nSPS) is 10.7. The van der Waals surface area contributed by atoms with Crippen molar-refractivity contribution in [3.8, 4) is 22.4 Å². The van der Waals surface area contributed by atoms with Gasteiger partial charge in [0.2, 0.25) is 0 Å². The molecule has 2 aromatic heterocycles. The number of rotatable bonds is 4. The molecule has 0 fully saturated rings. The van der Waals surface area contributed by atoms with Gasteiger partial charge in [-0.3, -0.25) is 9.67 Å². The van der Waals surface area contributed by atoms with E-state index < -0.39 is 6.03 Å². The minimum atomic E-state index is -0.639. The monoisotopic (exact) mass is 387 g/mol. The van der Waals surface area contributed by atoms with E-state index in [-0.39, 0.29) is 5.82 Å². The van der Waals surface area contributed by atoms with Gasteiger partial charge in [0.25, 0.3) is 0 Å². The number of aromatic nitrogens is 3. The first kappa shape index (κ1) is 18.4. The summed E-state index contributed by atoms with van der Waals surface area (Å²) in [5, 5.41) is 4.64. The molecule has 144 valence electrons. The van der Waals surface area contributed by atoms with Gasteiger partial charge in [-0.05, 0) is 54.1 Å². The second-order valence-corrected chi connectivity index (χ2v) is 6.42. The summed E-state index contributed by atoms with van der Waals surface area (Å²) in [7, 11) is 1.74. The van der Waals surface area contributed by atoms with Crippen molar-refractivity contribution in [1.29, 1.82) is 0 Å². The molecule has 4 rings (SSSR count). The number of pyridine rings is 1. The molecule has 0 aliphatic carbocycles. The highest BCUT2D eigenvalue weighted by molar-refractivity contribution is 6.03. The van der Waals surface area contributed by atoms with Crippen LogP contribution in [-0.2, 0) is 7.05 Å². The zero-order chi connectivity index (χ0) is 20.4. The third-order valence-corrected chi connectivity index (χ3v) is 4.55. The van der Waals surface area contributed by atoms with Gasteiger partial charge in [-0.15, -0.1) is 0 Å². The number of carbonyl (C=O) groups is 1. The Morgan fingerprint density at radius 3 is 2.24 bits per heavy atom. The largest absolute Gasteiger partial charge is 0.351 e. The summed E-state index contributed by atoms with van der Waals surface area (Å²) in [6.07, 6.45) is 3.33. The molecule has 0 aliphatic rings. The van der Waals surface area contributed by atoms with Crippen molar-refractivity contribution in [2.24, 2.45) is 12.8 Å². The van der Waals surface area contributed by atoms with Crippen LogP contribution in [0.4, 0.5) is 20.7 Å². The third kappa shape index (κ3) is 3.45. The molecule has 0 bridgehead atoms. The Morgan fingerprint density at radius 2 is 1.62 bits per heavy atom. The van der Waals surface area contributed by atoms with Gasteiger partial charge in [0.05, 0.1) is 11.3 Å². The maximum Gasteiger partial charge on any atom is 0.325 e. The van der Waals surface area contributed by atoms with Crippen molar-refractivity contribution in [2.45, 2.75) is 0 Å². The molecule has 2 N–H and O–H groups in total. The predicted molar refractivity (Wildman–Crippen MR) is 110 cm³/mol. The van der Waals surface area contributed by atoms with Gasteiger partial charge in [-0.2, -0.15) is 5.10 Å². The number of primary amides is 1. The maximum atomic E-state index is 13.5. The van der Waals surface area contributed by atoms with Gasteiger partial charge < -0.3 is 5.73 Å². The molecule has 2 amide bonds. The van der Waals surface area contributed by atoms with Gasteiger partial charge in [-0.1, -0.05) is 18.2 Å². The smallest absolute Gasteiger partial charge is 0.325 e. The maximum absolute atomic E-state index is 13.5. The lowest BCUT2D eigenvalue weighted by atomic mass is 10.0. The highest BCUT2D eigenvalue weighted by atomic mass is 19.1. The van der Waals surface area contributed by atoms with Crippen LogP contribution in [0.1, 0.15) is 0 Å². The van der Waals surface area contributed by atoms with E-state index in [1.807, 2.05) is 30.3 Å². The van der Waals surface area contributed by atoms with Crippen LogP contribution in [0.5, 0.6) is 0 Å². The number of hydrogen-bond acceptors (Lipinski definition) is 3. The average molecular weight is 387 g/mol. The lowest BCUT2D eigenvalue weighted by Gasteiger charge is -2.22. The molecule has 2 aromatic carbocycles. The number of benzene rings is 2. The molecule has 0 unspecified atom stereocenters. The molecule has 2 heterocycles. The number of amides is 2. The molecule has 7 heteroatoms. The van der Waals surface area contributed by atoms with E-state index in [9.17, 15) is 9.18 Å². The number of hydrogen-bond donors (Lipinski definition) is 1. The van der Waals surface area contributed by atoms with Crippen LogP contribution >= 0.6 is 0 Å². The molecule has 29 heavy (non-hydrogen) atoms. The van der Waals surface area contributed by atoms with E-state index in [0.29, 0.717) is 22.8 Å². The van der Waals surface area contributed by atoms with Crippen molar-refractivity contribution in [3.05, 3.63) is 84.9 Å². The Labute approximate surface area is 167 Å². The summed E-state index contributed by atoms with van der Waals surface area (Å²) in [4.78, 5) is 18.0. The Balaban J connectivity index is 2.01. The van der Waals surface area contributed by atoms with E-state index in [0.717, 1.165) is 11.1 Å². The van der Waals surface area contributed by atoms with Crippen molar-refractivity contribution in [1.82, 2.24) is 14.8 Å². The molecular formula is C22H18FN5O. The molecule has 0 aliphatic heterocycles. The number of carbonyl (C=O) groups excluding carboxylic acids is 1. The molecule has 0 radical (unpaired) electrons. The van der Waals surface area contributed by atoms with E-state index in [4.69, 9.17) is 5.73 Å². The van der Waals surface area contributed by atoms with Gasteiger partial charge in [0, 0.05) is 25.0 Å². The van der Waals surface area contributed by atoms with Crippen LogP contribution in [0.2, 0.25) is 0 Å². The van der Waals surface area contributed by atoms with Crippen LogP contribution in [-0.4, -0.2) is 20.8 Å². The van der Waals surface area contributed by atoms with Crippen LogP contribution in [0, 0.1) is 5.82 Å². The topological polar surface area (TPSA) is 77.0 Å². The molecule has 0 saturated heterocycles. The summed E-state index contributed by atoms with van der Waals surface area (Å²) < 4.78 is 15.1. The van der Waals surface area contributed by atoms with Gasteiger partial charge in [0.15, 0.2) is 0 Å². The van der Waals surface area contributed by atoms with E-state index >= 15 is 0 Å². The summed E-state index contributed by atoms with van der Waals surface area (Å²) >= 11 is 0. The van der Waals surface area contributed by atoms with Crippen LogP contribution < -0.4 is 10.6 Å². The fourth-order valence-corrected chi connectivity index (χ4v) is 3.30. The van der Waals surface area contributed by atoms with E-state index in [2.05, 4.69) is 10.1 Å².